The average Bonchev–Trinajstić information content (AvgIpc) is 3.17. The Morgan fingerprint density at radius 2 is 2.00 bits per heavy atom. The lowest BCUT2D eigenvalue weighted by molar-refractivity contribution is 0.380. The van der Waals surface area contributed by atoms with Crippen LogP contribution in [0.3, 0.4) is 0 Å². The highest BCUT2D eigenvalue weighted by atomic mass is 32.1. The third-order valence-electron chi connectivity index (χ3n) is 4.30. The first-order valence-corrected chi connectivity index (χ1v) is 8.44. The van der Waals surface area contributed by atoms with Crippen LogP contribution in [0.15, 0.2) is 35.7 Å². The van der Waals surface area contributed by atoms with E-state index in [0.29, 0.717) is 6.04 Å². The lowest BCUT2D eigenvalue weighted by atomic mass is 10.00. The first kappa shape index (κ1) is 13.8. The molecule has 1 fully saturated rings. The summed E-state index contributed by atoms with van der Waals surface area (Å²) >= 11 is 1.76. The molecular weight excluding hydrogens is 264 g/mol. The van der Waals surface area contributed by atoms with Crippen LogP contribution in [-0.2, 0) is 6.54 Å². The van der Waals surface area contributed by atoms with Gasteiger partial charge in [0, 0.05) is 23.5 Å². The molecule has 1 heterocycles. The number of nitrogens with one attached hydrogen (secondary N) is 1. The molecule has 1 aliphatic carbocycles. The predicted octanol–water partition coefficient (Wildman–Crippen LogP) is 4.48. The van der Waals surface area contributed by atoms with Gasteiger partial charge in [-0.05, 0) is 25.7 Å². The Kier molecular flexibility index (Phi) is 4.48. The highest BCUT2D eigenvalue weighted by Gasteiger charge is 2.21. The third kappa shape index (κ3) is 3.28. The highest BCUT2D eigenvalue weighted by molar-refractivity contribution is 7.09. The van der Waals surface area contributed by atoms with E-state index < -0.39 is 0 Å². The average molecular weight is 286 g/mol. The van der Waals surface area contributed by atoms with Crippen molar-refractivity contribution in [3.63, 3.8) is 0 Å². The van der Waals surface area contributed by atoms with Crippen LogP contribution in [0.4, 0.5) is 0 Å². The van der Waals surface area contributed by atoms with E-state index in [0.717, 1.165) is 18.2 Å². The number of hydrogen-bond acceptors (Lipinski definition) is 3. The van der Waals surface area contributed by atoms with E-state index in [1.807, 2.05) is 6.07 Å². The number of nitrogens with zero attached hydrogens (tertiary/aromatic N) is 1. The molecule has 20 heavy (non-hydrogen) atoms. The molecule has 0 saturated heterocycles. The summed E-state index contributed by atoms with van der Waals surface area (Å²) in [6.45, 7) is 3.22. The van der Waals surface area contributed by atoms with Crippen molar-refractivity contribution in [2.45, 2.75) is 45.2 Å². The summed E-state index contributed by atoms with van der Waals surface area (Å²) in [4.78, 5) is 4.74. The monoisotopic (exact) mass is 286 g/mol. The zero-order valence-electron chi connectivity index (χ0n) is 12.0. The minimum atomic E-state index is 0.613. The molecule has 0 unspecified atom stereocenters. The number of thiazole rings is 1. The van der Waals surface area contributed by atoms with Crippen molar-refractivity contribution in [3.05, 3.63) is 40.7 Å². The molecular formula is C17H22N2S. The van der Waals surface area contributed by atoms with Gasteiger partial charge in [-0.3, -0.25) is 0 Å². The zero-order chi connectivity index (χ0) is 13.8. The van der Waals surface area contributed by atoms with Crippen LogP contribution in [0.5, 0.6) is 0 Å². The molecule has 1 aromatic carbocycles. The predicted molar refractivity (Wildman–Crippen MR) is 85.8 cm³/mol. The quantitative estimate of drug-likeness (QED) is 0.876. The van der Waals surface area contributed by atoms with Crippen molar-refractivity contribution in [2.24, 2.45) is 5.92 Å². The molecule has 0 aliphatic heterocycles. The SMILES string of the molecule is C[C@H](NCc1nc(-c2ccccc2)cs1)C1CCCC1. The zero-order valence-corrected chi connectivity index (χ0v) is 12.8. The molecule has 2 aromatic rings. The number of hydrogen-bond donors (Lipinski definition) is 1. The summed E-state index contributed by atoms with van der Waals surface area (Å²) in [6.07, 6.45) is 5.60. The van der Waals surface area contributed by atoms with E-state index in [4.69, 9.17) is 4.98 Å². The van der Waals surface area contributed by atoms with Gasteiger partial charge in [0.25, 0.3) is 0 Å². The van der Waals surface area contributed by atoms with Crippen LogP contribution >= 0.6 is 11.3 Å². The maximum atomic E-state index is 4.74. The molecule has 0 bridgehead atoms. The van der Waals surface area contributed by atoms with Gasteiger partial charge in [0.1, 0.15) is 5.01 Å². The molecule has 3 rings (SSSR count). The topological polar surface area (TPSA) is 24.9 Å². The summed E-state index contributed by atoms with van der Waals surface area (Å²) in [5.74, 6) is 0.864. The summed E-state index contributed by atoms with van der Waals surface area (Å²) < 4.78 is 0. The van der Waals surface area contributed by atoms with Gasteiger partial charge < -0.3 is 5.32 Å². The fourth-order valence-corrected chi connectivity index (χ4v) is 3.76. The fraction of sp³-hybridized carbons (Fsp3) is 0.471. The fourth-order valence-electron chi connectivity index (χ4n) is 3.01. The van der Waals surface area contributed by atoms with Crippen LogP contribution in [0.25, 0.3) is 11.3 Å². The largest absolute Gasteiger partial charge is 0.308 e. The maximum Gasteiger partial charge on any atom is 0.107 e. The Balaban J connectivity index is 1.57. The minimum Gasteiger partial charge on any atom is -0.308 e. The van der Waals surface area contributed by atoms with Crippen LogP contribution in [0.1, 0.15) is 37.6 Å². The second kappa shape index (κ2) is 6.51. The van der Waals surface area contributed by atoms with Gasteiger partial charge in [-0.25, -0.2) is 4.98 Å². The van der Waals surface area contributed by atoms with E-state index in [1.54, 1.807) is 11.3 Å². The molecule has 1 N–H and O–H groups in total. The molecule has 1 aromatic heterocycles. The van der Waals surface area contributed by atoms with E-state index in [2.05, 4.69) is 41.9 Å². The van der Waals surface area contributed by atoms with Gasteiger partial charge in [0.05, 0.1) is 5.69 Å². The summed E-state index contributed by atoms with van der Waals surface area (Å²) in [5, 5.41) is 7.00. The number of aromatic nitrogens is 1. The Hall–Kier alpha value is -1.19. The van der Waals surface area contributed by atoms with Crippen LogP contribution in [0.2, 0.25) is 0 Å². The van der Waals surface area contributed by atoms with Crippen molar-refractivity contribution < 1.29 is 0 Å². The maximum absolute atomic E-state index is 4.74. The molecule has 0 radical (unpaired) electrons. The number of benzene rings is 1. The lowest BCUT2D eigenvalue weighted by Gasteiger charge is -2.19. The molecule has 2 nitrogen and oxygen atoms in total. The normalized spacial score (nSPS) is 17.4. The molecule has 1 saturated carbocycles. The molecule has 0 amide bonds. The summed E-state index contributed by atoms with van der Waals surface area (Å²) in [7, 11) is 0. The highest BCUT2D eigenvalue weighted by Crippen LogP contribution is 2.28. The Morgan fingerprint density at radius 1 is 1.25 bits per heavy atom. The third-order valence-corrected chi connectivity index (χ3v) is 5.15. The minimum absolute atomic E-state index is 0.613. The van der Waals surface area contributed by atoms with Crippen LogP contribution in [-0.4, -0.2) is 11.0 Å². The molecule has 1 atom stereocenters. The standard InChI is InChI=1S/C17H22N2S/c1-13(14-7-5-6-8-14)18-11-17-19-16(12-20-17)15-9-3-2-4-10-15/h2-4,9-10,12-14,18H,5-8,11H2,1H3/t13-/m0/s1. The van der Waals surface area contributed by atoms with E-state index in [-0.39, 0.29) is 0 Å². The first-order chi connectivity index (χ1) is 9.83. The van der Waals surface area contributed by atoms with Gasteiger partial charge in [-0.1, -0.05) is 43.2 Å². The Bertz CT molecular complexity index is 529. The lowest BCUT2D eigenvalue weighted by Crippen LogP contribution is -2.31. The van der Waals surface area contributed by atoms with Gasteiger partial charge in [-0.15, -0.1) is 11.3 Å². The van der Waals surface area contributed by atoms with Crippen molar-refractivity contribution in [2.75, 3.05) is 0 Å². The smallest absolute Gasteiger partial charge is 0.107 e. The van der Waals surface area contributed by atoms with Crippen LogP contribution < -0.4 is 5.32 Å². The van der Waals surface area contributed by atoms with Crippen molar-refractivity contribution in [3.8, 4) is 11.3 Å². The summed E-state index contributed by atoms with van der Waals surface area (Å²) in [6, 6.07) is 11.0. The van der Waals surface area contributed by atoms with Crippen LogP contribution in [0, 0.1) is 5.92 Å². The van der Waals surface area contributed by atoms with E-state index in [9.17, 15) is 0 Å². The second-order valence-electron chi connectivity index (χ2n) is 5.71. The van der Waals surface area contributed by atoms with Gasteiger partial charge >= 0.3 is 0 Å². The Morgan fingerprint density at radius 3 is 2.75 bits per heavy atom. The molecule has 106 valence electrons. The van der Waals surface area contributed by atoms with Crippen molar-refractivity contribution >= 4 is 11.3 Å². The van der Waals surface area contributed by atoms with Gasteiger partial charge in [0.2, 0.25) is 0 Å². The molecule has 0 spiro atoms. The van der Waals surface area contributed by atoms with Crippen molar-refractivity contribution in [1.82, 2.24) is 10.3 Å². The number of rotatable bonds is 5. The molecule has 1 aliphatic rings. The van der Waals surface area contributed by atoms with E-state index in [1.165, 1.54) is 36.3 Å². The van der Waals surface area contributed by atoms with E-state index >= 15 is 0 Å². The second-order valence-corrected chi connectivity index (χ2v) is 6.65. The first-order valence-electron chi connectivity index (χ1n) is 7.56. The van der Waals surface area contributed by atoms with Gasteiger partial charge in [-0.2, -0.15) is 0 Å². The Labute approximate surface area is 125 Å². The van der Waals surface area contributed by atoms with Crippen molar-refractivity contribution in [1.29, 1.82) is 0 Å². The van der Waals surface area contributed by atoms with Gasteiger partial charge in [0.15, 0.2) is 0 Å². The molecule has 3 heteroatoms. The summed E-state index contributed by atoms with van der Waals surface area (Å²) in [5.41, 5.74) is 2.31.